The quantitative estimate of drug-likeness (QED) is 0.338. The lowest BCUT2D eigenvalue weighted by atomic mass is 9.99. The van der Waals surface area contributed by atoms with Crippen LogP contribution in [0, 0.1) is 5.41 Å². The molecule has 1 aliphatic heterocycles. The van der Waals surface area contributed by atoms with E-state index in [0.717, 1.165) is 35.3 Å². The molecule has 0 spiro atoms. The molecule has 2 heterocycles. The van der Waals surface area contributed by atoms with E-state index in [1.807, 2.05) is 41.3 Å². The van der Waals surface area contributed by atoms with E-state index in [0.29, 0.717) is 23.0 Å². The van der Waals surface area contributed by atoms with Gasteiger partial charge in [0.05, 0.1) is 16.8 Å². The Kier molecular flexibility index (Phi) is 8.07. The van der Waals surface area contributed by atoms with Crippen molar-refractivity contribution in [2.24, 2.45) is 11.5 Å². The van der Waals surface area contributed by atoms with Crippen LogP contribution in [0.3, 0.4) is 0 Å². The minimum absolute atomic E-state index is 0.0634. The molecule has 0 bridgehead atoms. The Balaban J connectivity index is 0.000000182. The topological polar surface area (TPSA) is 138 Å². The van der Waals surface area contributed by atoms with Crippen molar-refractivity contribution in [3.05, 3.63) is 65.9 Å². The normalized spacial score (nSPS) is 15.7. The molecular formula is C23H26N6O2S. The van der Waals surface area contributed by atoms with Crippen LogP contribution in [0.4, 0.5) is 5.13 Å². The second-order valence-electron chi connectivity index (χ2n) is 7.17. The number of benzene rings is 2. The molecule has 6 N–H and O–H groups in total. The minimum Gasteiger partial charge on any atom is -0.404 e. The van der Waals surface area contributed by atoms with E-state index >= 15 is 0 Å². The molecule has 1 aromatic heterocycles. The monoisotopic (exact) mass is 450 g/mol. The van der Waals surface area contributed by atoms with Gasteiger partial charge in [-0.1, -0.05) is 47.7 Å². The van der Waals surface area contributed by atoms with Crippen LogP contribution >= 0.6 is 11.3 Å². The molecule has 8 nitrogen and oxygen atoms in total. The van der Waals surface area contributed by atoms with Crippen LogP contribution in [0.2, 0.25) is 0 Å². The van der Waals surface area contributed by atoms with Crippen molar-refractivity contribution in [3.8, 4) is 0 Å². The number of rotatable bonds is 6. The standard InChI is InChI=1S/C12H16N2O.C11H10N4OS/c13-8-12(15)14-7-6-11(9-14)10-4-2-1-3-5-10;12-4-8(5-13)7-1-2-9-10(3-7)17-11(15-9)14-6-16/h1-5,11H,6-9,13H2;1-6,12H,13H2,(H,14,15,16)/b;8-5+,12-4?. The Morgan fingerprint density at radius 2 is 2.06 bits per heavy atom. The number of hydrogen-bond donors (Lipinski definition) is 4. The highest BCUT2D eigenvalue weighted by atomic mass is 32.1. The molecule has 2 aromatic carbocycles. The van der Waals surface area contributed by atoms with Crippen molar-refractivity contribution in [3.63, 3.8) is 0 Å². The number of carbonyl (C=O) groups is 2. The van der Waals surface area contributed by atoms with E-state index in [4.69, 9.17) is 16.9 Å². The summed E-state index contributed by atoms with van der Waals surface area (Å²) in [5.74, 6) is 0.551. The number of carbonyl (C=O) groups excluding carboxylic acids is 2. The SMILES string of the molecule is N=C/C(=C\N)c1ccc2nc(NC=O)sc2c1.NCC(=O)N1CCC(c2ccccc2)C1. The molecule has 4 rings (SSSR count). The zero-order valence-electron chi connectivity index (χ0n) is 17.5. The van der Waals surface area contributed by atoms with Gasteiger partial charge in [0.2, 0.25) is 12.3 Å². The van der Waals surface area contributed by atoms with E-state index < -0.39 is 0 Å². The number of nitrogens with two attached hydrogens (primary N) is 2. The van der Waals surface area contributed by atoms with E-state index in [9.17, 15) is 9.59 Å². The lowest BCUT2D eigenvalue weighted by Gasteiger charge is -2.15. The number of allylic oxidation sites excluding steroid dienone is 1. The molecule has 1 fully saturated rings. The summed E-state index contributed by atoms with van der Waals surface area (Å²) in [4.78, 5) is 27.8. The van der Waals surface area contributed by atoms with Gasteiger partial charge in [0.1, 0.15) is 0 Å². The number of nitrogens with zero attached hydrogens (tertiary/aromatic N) is 2. The fourth-order valence-electron chi connectivity index (χ4n) is 3.56. The van der Waals surface area contributed by atoms with Gasteiger partial charge in [-0.15, -0.1) is 0 Å². The number of hydrogen-bond acceptors (Lipinski definition) is 7. The van der Waals surface area contributed by atoms with E-state index in [-0.39, 0.29) is 12.5 Å². The highest BCUT2D eigenvalue weighted by Crippen LogP contribution is 2.28. The van der Waals surface area contributed by atoms with Crippen LogP contribution in [-0.4, -0.2) is 48.1 Å². The lowest BCUT2D eigenvalue weighted by Crippen LogP contribution is -2.33. The van der Waals surface area contributed by atoms with Crippen molar-refractivity contribution in [1.29, 1.82) is 5.41 Å². The highest BCUT2D eigenvalue weighted by molar-refractivity contribution is 7.22. The summed E-state index contributed by atoms with van der Waals surface area (Å²) < 4.78 is 0.938. The summed E-state index contributed by atoms with van der Waals surface area (Å²) in [7, 11) is 0. The van der Waals surface area contributed by atoms with Gasteiger partial charge in [-0.2, -0.15) is 0 Å². The summed E-state index contributed by atoms with van der Waals surface area (Å²) in [6.07, 6.45) is 4.24. The predicted octanol–water partition coefficient (Wildman–Crippen LogP) is 2.77. The van der Waals surface area contributed by atoms with Gasteiger partial charge in [-0.25, -0.2) is 4.98 Å². The third kappa shape index (κ3) is 5.57. The molecule has 1 aliphatic rings. The van der Waals surface area contributed by atoms with Crippen LogP contribution in [0.1, 0.15) is 23.5 Å². The summed E-state index contributed by atoms with van der Waals surface area (Å²) in [5.41, 5.74) is 14.4. The van der Waals surface area contributed by atoms with Gasteiger partial charge in [-0.05, 0) is 29.7 Å². The van der Waals surface area contributed by atoms with Gasteiger partial charge < -0.3 is 27.1 Å². The molecule has 1 saturated heterocycles. The molecular weight excluding hydrogens is 424 g/mol. The van der Waals surface area contributed by atoms with Crippen molar-refractivity contribution in [1.82, 2.24) is 9.88 Å². The molecule has 0 radical (unpaired) electrons. The van der Waals surface area contributed by atoms with Crippen LogP contribution in [-0.2, 0) is 9.59 Å². The fraction of sp³-hybridized carbons (Fsp3) is 0.217. The number of fused-ring (bicyclic) bond motifs is 1. The first kappa shape index (κ1) is 23.1. The molecule has 2 amide bonds. The van der Waals surface area contributed by atoms with Gasteiger partial charge in [-0.3, -0.25) is 9.59 Å². The Hall–Kier alpha value is -3.56. The second-order valence-corrected chi connectivity index (χ2v) is 8.20. The van der Waals surface area contributed by atoms with Crippen molar-refractivity contribution in [2.45, 2.75) is 12.3 Å². The van der Waals surface area contributed by atoms with Gasteiger partial charge in [0, 0.05) is 37.0 Å². The number of anilines is 1. The summed E-state index contributed by atoms with van der Waals surface area (Å²) in [6.45, 7) is 1.79. The van der Waals surface area contributed by atoms with E-state index in [1.165, 1.54) is 29.3 Å². The number of aromatic nitrogens is 1. The maximum atomic E-state index is 11.4. The molecule has 3 aromatic rings. The van der Waals surface area contributed by atoms with E-state index in [2.05, 4.69) is 22.4 Å². The summed E-state index contributed by atoms with van der Waals surface area (Å²) in [6, 6.07) is 15.9. The smallest absolute Gasteiger partial charge is 0.236 e. The largest absolute Gasteiger partial charge is 0.404 e. The Bertz CT molecular complexity index is 1110. The lowest BCUT2D eigenvalue weighted by molar-refractivity contribution is -0.128. The first-order valence-corrected chi connectivity index (χ1v) is 11.0. The zero-order valence-corrected chi connectivity index (χ0v) is 18.3. The fourth-order valence-corrected chi connectivity index (χ4v) is 4.42. The number of thiazole rings is 1. The molecule has 1 unspecified atom stereocenters. The molecule has 0 aliphatic carbocycles. The van der Waals surface area contributed by atoms with Gasteiger partial charge in [0.25, 0.3) is 0 Å². The summed E-state index contributed by atoms with van der Waals surface area (Å²) in [5, 5.41) is 10.3. The number of amides is 2. The Morgan fingerprint density at radius 3 is 2.72 bits per heavy atom. The molecule has 166 valence electrons. The number of likely N-dealkylation sites (tertiary alicyclic amines) is 1. The molecule has 32 heavy (non-hydrogen) atoms. The first-order chi connectivity index (χ1) is 15.6. The maximum Gasteiger partial charge on any atom is 0.236 e. The second kappa shape index (κ2) is 11.2. The van der Waals surface area contributed by atoms with Crippen LogP contribution < -0.4 is 16.8 Å². The van der Waals surface area contributed by atoms with Crippen LogP contribution in [0.5, 0.6) is 0 Å². The van der Waals surface area contributed by atoms with Crippen molar-refractivity contribution >= 4 is 50.8 Å². The average Bonchev–Trinajstić information content (AvgIpc) is 3.47. The highest BCUT2D eigenvalue weighted by Gasteiger charge is 2.26. The van der Waals surface area contributed by atoms with Gasteiger partial charge >= 0.3 is 0 Å². The Morgan fingerprint density at radius 1 is 1.28 bits per heavy atom. The van der Waals surface area contributed by atoms with Crippen LogP contribution in [0.25, 0.3) is 15.8 Å². The Labute approximate surface area is 190 Å². The van der Waals surface area contributed by atoms with Crippen LogP contribution in [0.15, 0.2) is 54.7 Å². The molecule has 0 saturated carbocycles. The summed E-state index contributed by atoms with van der Waals surface area (Å²) >= 11 is 1.38. The molecule has 9 heteroatoms. The maximum absolute atomic E-state index is 11.4. The minimum atomic E-state index is 0.0634. The molecule has 1 atom stereocenters. The zero-order chi connectivity index (χ0) is 22.9. The van der Waals surface area contributed by atoms with Crippen molar-refractivity contribution < 1.29 is 9.59 Å². The predicted molar refractivity (Wildman–Crippen MR) is 130 cm³/mol. The van der Waals surface area contributed by atoms with Gasteiger partial charge in [0.15, 0.2) is 5.13 Å². The number of nitrogens with one attached hydrogen (secondary N) is 2. The third-order valence-corrected chi connectivity index (χ3v) is 6.18. The van der Waals surface area contributed by atoms with Crippen molar-refractivity contribution in [2.75, 3.05) is 25.0 Å². The average molecular weight is 451 g/mol. The van der Waals surface area contributed by atoms with E-state index in [1.54, 1.807) is 0 Å². The first-order valence-electron chi connectivity index (χ1n) is 10.2. The third-order valence-electron chi connectivity index (χ3n) is 5.23.